The Kier molecular flexibility index (Phi) is 7.27. The van der Waals surface area contributed by atoms with Crippen molar-refractivity contribution in [2.45, 2.75) is 52.4 Å². The largest absolute Gasteiger partial charge is 0.468 e. The number of rotatable bonds is 5. The first kappa shape index (κ1) is 31.7. The second-order valence-electron chi connectivity index (χ2n) is 17.2. The zero-order valence-corrected chi connectivity index (χ0v) is 33.3. The van der Waals surface area contributed by atoms with Crippen molar-refractivity contribution >= 4 is 85.5 Å². The number of furan rings is 1. The normalized spacial score (nSPS) is 14.1. The highest BCUT2D eigenvalue weighted by molar-refractivity contribution is 7.00. The van der Waals surface area contributed by atoms with Gasteiger partial charge in [-0.3, -0.25) is 0 Å². The van der Waals surface area contributed by atoms with Crippen LogP contribution in [0.15, 0.2) is 174 Å². The molecule has 0 N–H and O–H groups in total. The van der Waals surface area contributed by atoms with E-state index in [1.165, 1.54) is 5.56 Å². The van der Waals surface area contributed by atoms with Gasteiger partial charge in [0.15, 0.2) is 0 Å². The molecule has 8 aromatic rings. The van der Waals surface area contributed by atoms with Crippen LogP contribution in [0.4, 0.5) is 51.2 Å². The van der Waals surface area contributed by atoms with Crippen LogP contribution in [0.5, 0.6) is 0 Å². The summed E-state index contributed by atoms with van der Waals surface area (Å²) in [6.07, 6.45) is 0. The SMILES string of the molecule is [2H]c1c(C(C)(C)C)c([2H])c2c3c(oc2c1[2H])B1c2ccc(N(c4ccccc4)c4ccccc4)cc2N(c2ccccc2)c2cc(C(C)(C)C)cc(c21)N3c1ccccc1. The first-order valence-electron chi connectivity index (χ1n) is 21.3. The molecular weight excluding hydrogens is 693 g/mol. The molecule has 3 heterocycles. The minimum Gasteiger partial charge on any atom is -0.468 e. The Balaban J connectivity index is 1.35. The summed E-state index contributed by atoms with van der Waals surface area (Å²) >= 11 is 0. The third-order valence-corrected chi connectivity index (χ3v) is 11.4. The van der Waals surface area contributed by atoms with Crippen molar-refractivity contribution in [3.8, 4) is 0 Å². The van der Waals surface area contributed by atoms with E-state index in [4.69, 9.17) is 4.42 Å². The summed E-state index contributed by atoms with van der Waals surface area (Å²) in [5.74, 6) is 0. The summed E-state index contributed by atoms with van der Waals surface area (Å²) < 4.78 is 35.6. The molecule has 57 heavy (non-hydrogen) atoms. The number of anilines is 9. The zero-order valence-electron chi connectivity index (χ0n) is 36.3. The maximum Gasteiger partial charge on any atom is 0.297 e. The summed E-state index contributed by atoms with van der Waals surface area (Å²) in [5.41, 5.74) is 12.9. The second kappa shape index (κ2) is 13.1. The minimum atomic E-state index is -0.549. The van der Waals surface area contributed by atoms with Crippen LogP contribution in [-0.4, -0.2) is 6.71 Å². The van der Waals surface area contributed by atoms with Gasteiger partial charge in [-0.15, -0.1) is 0 Å². The predicted octanol–water partition coefficient (Wildman–Crippen LogP) is 12.6. The average molecular weight is 743 g/mol. The van der Waals surface area contributed by atoms with Gasteiger partial charge >= 0.3 is 0 Å². The molecule has 0 unspecified atom stereocenters. The highest BCUT2D eigenvalue weighted by atomic mass is 16.3. The first-order chi connectivity index (χ1) is 28.8. The molecule has 0 saturated heterocycles. The minimum absolute atomic E-state index is 0.00616. The maximum atomic E-state index is 9.87. The summed E-state index contributed by atoms with van der Waals surface area (Å²) in [4.78, 5) is 6.96. The number of hydrogen-bond donors (Lipinski definition) is 0. The van der Waals surface area contributed by atoms with Gasteiger partial charge in [0.2, 0.25) is 0 Å². The smallest absolute Gasteiger partial charge is 0.297 e. The number of benzene rings is 7. The van der Waals surface area contributed by atoms with Crippen molar-refractivity contribution in [1.29, 1.82) is 0 Å². The summed E-state index contributed by atoms with van der Waals surface area (Å²) in [6, 6.07) is 53.5. The van der Waals surface area contributed by atoms with Gasteiger partial charge in [0.05, 0.1) is 15.5 Å². The molecule has 0 bridgehead atoms. The second-order valence-corrected chi connectivity index (χ2v) is 17.2. The fraction of sp³-hybridized carbons (Fsp3) is 0.154. The lowest BCUT2D eigenvalue weighted by Gasteiger charge is -2.43. The molecule has 0 fully saturated rings. The Morgan fingerprint density at radius 1 is 0.544 bits per heavy atom. The fourth-order valence-electron chi connectivity index (χ4n) is 8.52. The molecule has 2 aliphatic heterocycles. The van der Waals surface area contributed by atoms with E-state index in [-0.39, 0.29) is 35.8 Å². The standard InChI is InChI=1S/C52H46BN3O/c1-51(2,3)35-27-30-47-42(31-35)49-50(57-47)53-43-29-28-41(54(37-19-11-7-12-20-37)38-21-13-8-14-22-38)34-44(43)55(39-23-15-9-16-24-39)45-32-36(52(4,5)6)33-46(48(45)53)56(49)40-25-17-10-18-26-40/h7-34H,1-6H3/i27D,30D,31D. The van der Waals surface area contributed by atoms with E-state index in [0.717, 1.165) is 62.1 Å². The molecule has 0 amide bonds. The van der Waals surface area contributed by atoms with Crippen LogP contribution in [0.1, 0.15) is 56.8 Å². The van der Waals surface area contributed by atoms with Crippen LogP contribution in [0, 0.1) is 0 Å². The molecule has 2 aliphatic rings. The molecule has 7 aromatic carbocycles. The number of fused-ring (bicyclic) bond motifs is 6. The van der Waals surface area contributed by atoms with Crippen LogP contribution in [-0.2, 0) is 10.8 Å². The van der Waals surface area contributed by atoms with E-state index in [1.807, 2.05) is 51.1 Å². The van der Waals surface area contributed by atoms with Crippen molar-refractivity contribution in [2.75, 3.05) is 14.7 Å². The molecule has 10 rings (SSSR count). The van der Waals surface area contributed by atoms with Gasteiger partial charge in [-0.2, -0.15) is 0 Å². The number of para-hydroxylation sites is 4. The quantitative estimate of drug-likeness (QED) is 0.164. The molecule has 0 spiro atoms. The van der Waals surface area contributed by atoms with Crippen molar-refractivity contribution < 1.29 is 8.53 Å². The van der Waals surface area contributed by atoms with E-state index in [2.05, 4.69) is 157 Å². The molecule has 0 aliphatic carbocycles. The molecule has 0 saturated carbocycles. The molecule has 278 valence electrons. The topological polar surface area (TPSA) is 22.9 Å². The van der Waals surface area contributed by atoms with E-state index < -0.39 is 5.41 Å². The highest BCUT2D eigenvalue weighted by Gasteiger charge is 2.47. The monoisotopic (exact) mass is 742 g/mol. The zero-order chi connectivity index (χ0) is 41.7. The lowest BCUT2D eigenvalue weighted by atomic mass is 9.35. The van der Waals surface area contributed by atoms with E-state index >= 15 is 0 Å². The van der Waals surface area contributed by atoms with Gasteiger partial charge in [-0.05, 0) is 118 Å². The van der Waals surface area contributed by atoms with Crippen molar-refractivity contribution in [3.63, 3.8) is 0 Å². The van der Waals surface area contributed by atoms with Gasteiger partial charge in [0.1, 0.15) is 5.58 Å². The molecule has 0 radical (unpaired) electrons. The van der Waals surface area contributed by atoms with Crippen molar-refractivity contribution in [1.82, 2.24) is 0 Å². The Morgan fingerprint density at radius 2 is 1.07 bits per heavy atom. The molecule has 0 atom stereocenters. The van der Waals surface area contributed by atoms with Gasteiger partial charge < -0.3 is 19.1 Å². The van der Waals surface area contributed by atoms with Crippen LogP contribution in [0.25, 0.3) is 11.0 Å². The Bertz CT molecular complexity index is 2900. The van der Waals surface area contributed by atoms with E-state index in [9.17, 15) is 4.11 Å². The predicted molar refractivity (Wildman–Crippen MR) is 242 cm³/mol. The van der Waals surface area contributed by atoms with Crippen molar-refractivity contribution in [2.24, 2.45) is 0 Å². The summed E-state index contributed by atoms with van der Waals surface area (Å²) in [5, 5.41) is 0.566. The average Bonchev–Trinajstić information content (AvgIpc) is 3.64. The highest BCUT2D eigenvalue weighted by Crippen LogP contribution is 2.49. The Labute approximate surface area is 340 Å². The molecule has 5 heteroatoms. The van der Waals surface area contributed by atoms with Crippen LogP contribution in [0.2, 0.25) is 0 Å². The Hall–Kier alpha value is -6.46. The lowest BCUT2D eigenvalue weighted by Crippen LogP contribution is -2.61. The number of nitrogens with zero attached hydrogens (tertiary/aromatic N) is 3. The summed E-state index contributed by atoms with van der Waals surface area (Å²) in [7, 11) is 0. The van der Waals surface area contributed by atoms with Gasteiger partial charge in [-0.25, -0.2) is 0 Å². The van der Waals surface area contributed by atoms with Gasteiger partial charge in [-0.1, -0.05) is 126 Å². The van der Waals surface area contributed by atoms with Crippen molar-refractivity contribution in [3.05, 3.63) is 181 Å². The fourth-order valence-corrected chi connectivity index (χ4v) is 8.52. The van der Waals surface area contributed by atoms with Gasteiger partial charge in [0.25, 0.3) is 6.71 Å². The van der Waals surface area contributed by atoms with Gasteiger partial charge in [0, 0.05) is 50.9 Å². The van der Waals surface area contributed by atoms with Crippen LogP contribution >= 0.6 is 0 Å². The van der Waals surface area contributed by atoms with E-state index in [1.54, 1.807) is 0 Å². The first-order valence-corrected chi connectivity index (χ1v) is 19.8. The molecule has 4 nitrogen and oxygen atoms in total. The third kappa shape index (κ3) is 5.75. The van der Waals surface area contributed by atoms with Crippen LogP contribution < -0.4 is 31.3 Å². The maximum absolute atomic E-state index is 9.87. The molecule has 1 aromatic heterocycles. The number of hydrogen-bond acceptors (Lipinski definition) is 4. The third-order valence-electron chi connectivity index (χ3n) is 11.4. The molecular formula is C52H46BN3O. The summed E-state index contributed by atoms with van der Waals surface area (Å²) in [6.45, 7) is 12.4. The van der Waals surface area contributed by atoms with Crippen LogP contribution in [0.3, 0.4) is 0 Å². The lowest BCUT2D eigenvalue weighted by molar-refractivity contribution is 0.590. The Morgan fingerprint density at radius 3 is 1.63 bits per heavy atom. The van der Waals surface area contributed by atoms with E-state index in [0.29, 0.717) is 16.6 Å².